The zero-order valence-electron chi connectivity index (χ0n) is 11.6. The number of nitrogens with zero attached hydrogens (tertiary/aromatic N) is 2. The average molecular weight is 251 g/mol. The lowest BCUT2D eigenvalue weighted by atomic mass is 10.2. The molecule has 1 aliphatic rings. The van der Waals surface area contributed by atoms with Crippen LogP contribution in [-0.2, 0) is 11.3 Å². The predicted molar refractivity (Wildman–Crippen MR) is 72.5 cm³/mol. The number of nitrogens with one attached hydrogen (secondary N) is 1. The molecule has 0 amide bonds. The molecular weight excluding hydrogens is 226 g/mol. The van der Waals surface area contributed by atoms with Gasteiger partial charge in [0.15, 0.2) is 0 Å². The van der Waals surface area contributed by atoms with Gasteiger partial charge in [-0.2, -0.15) is 5.10 Å². The highest BCUT2D eigenvalue weighted by atomic mass is 16.5. The van der Waals surface area contributed by atoms with Crippen LogP contribution in [0.25, 0.3) is 0 Å². The molecule has 1 N–H and O–H groups in total. The lowest BCUT2D eigenvalue weighted by Gasteiger charge is -2.12. The van der Waals surface area contributed by atoms with Gasteiger partial charge < -0.3 is 10.1 Å². The minimum absolute atomic E-state index is 0.474. The van der Waals surface area contributed by atoms with Crippen LogP contribution in [0.2, 0.25) is 0 Å². The van der Waals surface area contributed by atoms with Gasteiger partial charge in [-0.1, -0.05) is 12.8 Å². The zero-order valence-corrected chi connectivity index (χ0v) is 11.6. The molecule has 0 bridgehead atoms. The van der Waals surface area contributed by atoms with Gasteiger partial charge in [0.1, 0.15) is 0 Å². The Morgan fingerprint density at radius 2 is 2.28 bits per heavy atom. The van der Waals surface area contributed by atoms with Crippen LogP contribution in [0.5, 0.6) is 0 Å². The van der Waals surface area contributed by atoms with E-state index in [2.05, 4.69) is 34.3 Å². The zero-order chi connectivity index (χ0) is 12.8. The maximum Gasteiger partial charge on any atom is 0.0762 e. The summed E-state index contributed by atoms with van der Waals surface area (Å²) in [6, 6.07) is 3.25. The second kappa shape index (κ2) is 6.90. The van der Waals surface area contributed by atoms with Gasteiger partial charge in [-0.15, -0.1) is 0 Å². The number of rotatable bonds is 7. The van der Waals surface area contributed by atoms with Crippen molar-refractivity contribution in [3.8, 4) is 0 Å². The van der Waals surface area contributed by atoms with Crippen LogP contribution in [0.1, 0.15) is 50.8 Å². The lowest BCUT2D eigenvalue weighted by Crippen LogP contribution is -2.27. The van der Waals surface area contributed by atoms with Crippen LogP contribution in [0.15, 0.2) is 12.3 Å². The number of hydrogen-bond donors (Lipinski definition) is 1. The third-order valence-corrected chi connectivity index (χ3v) is 3.75. The van der Waals surface area contributed by atoms with Crippen LogP contribution < -0.4 is 5.32 Å². The summed E-state index contributed by atoms with van der Waals surface area (Å²) in [6.07, 6.45) is 8.46. The van der Waals surface area contributed by atoms with Crippen molar-refractivity contribution in [3.63, 3.8) is 0 Å². The topological polar surface area (TPSA) is 39.1 Å². The van der Waals surface area contributed by atoms with Crippen molar-refractivity contribution in [3.05, 3.63) is 18.0 Å². The van der Waals surface area contributed by atoms with E-state index in [4.69, 9.17) is 4.74 Å². The fraction of sp³-hybridized carbons (Fsp3) is 0.786. The second-order valence-corrected chi connectivity index (χ2v) is 5.29. The molecule has 1 saturated carbocycles. The largest absolute Gasteiger partial charge is 0.385 e. The van der Waals surface area contributed by atoms with Crippen molar-refractivity contribution in [1.82, 2.24) is 15.1 Å². The first-order valence-electron chi connectivity index (χ1n) is 7.06. The molecule has 1 atom stereocenters. The van der Waals surface area contributed by atoms with Crippen LogP contribution in [0.4, 0.5) is 0 Å². The maximum atomic E-state index is 5.08. The predicted octanol–water partition coefficient (Wildman–Crippen LogP) is 2.51. The Kier molecular flexibility index (Phi) is 5.20. The summed E-state index contributed by atoms with van der Waals surface area (Å²) < 4.78 is 7.23. The summed E-state index contributed by atoms with van der Waals surface area (Å²) in [5, 5.41) is 8.15. The van der Waals surface area contributed by atoms with E-state index in [1.54, 1.807) is 7.11 Å². The molecule has 0 aliphatic heterocycles. The van der Waals surface area contributed by atoms with E-state index < -0.39 is 0 Å². The van der Waals surface area contributed by atoms with Gasteiger partial charge in [-0.05, 0) is 32.3 Å². The maximum absolute atomic E-state index is 5.08. The van der Waals surface area contributed by atoms with Gasteiger partial charge in [-0.25, -0.2) is 0 Å². The molecule has 4 nitrogen and oxygen atoms in total. The molecule has 1 aliphatic carbocycles. The molecule has 0 spiro atoms. The van der Waals surface area contributed by atoms with Gasteiger partial charge >= 0.3 is 0 Å². The van der Waals surface area contributed by atoms with Crippen LogP contribution in [-0.4, -0.2) is 29.5 Å². The molecule has 4 heteroatoms. The molecule has 2 rings (SSSR count). The van der Waals surface area contributed by atoms with Crippen LogP contribution in [0, 0.1) is 0 Å². The Hall–Kier alpha value is -0.870. The molecule has 1 aromatic heterocycles. The summed E-state index contributed by atoms with van der Waals surface area (Å²) in [5.41, 5.74) is 1.14. The van der Waals surface area contributed by atoms with Gasteiger partial charge in [0.2, 0.25) is 0 Å². The van der Waals surface area contributed by atoms with Crippen molar-refractivity contribution in [2.24, 2.45) is 0 Å². The fourth-order valence-corrected chi connectivity index (χ4v) is 2.52. The molecule has 1 unspecified atom stereocenters. The number of aromatic nitrogens is 2. The summed E-state index contributed by atoms with van der Waals surface area (Å²) in [5.74, 6) is 0. The molecule has 0 saturated heterocycles. The Morgan fingerprint density at radius 3 is 3.00 bits per heavy atom. The fourth-order valence-electron chi connectivity index (χ4n) is 2.52. The highest BCUT2D eigenvalue weighted by Gasteiger charge is 2.17. The van der Waals surface area contributed by atoms with E-state index in [1.807, 2.05) is 0 Å². The van der Waals surface area contributed by atoms with Crippen molar-refractivity contribution < 1.29 is 4.74 Å². The minimum atomic E-state index is 0.474. The summed E-state index contributed by atoms with van der Waals surface area (Å²) in [4.78, 5) is 0. The minimum Gasteiger partial charge on any atom is -0.385 e. The Labute approximate surface area is 110 Å². The van der Waals surface area contributed by atoms with Crippen molar-refractivity contribution in [1.29, 1.82) is 0 Å². The van der Waals surface area contributed by atoms with E-state index in [-0.39, 0.29) is 0 Å². The first-order chi connectivity index (χ1) is 8.79. The van der Waals surface area contributed by atoms with Crippen molar-refractivity contribution >= 4 is 0 Å². The Morgan fingerprint density at radius 1 is 1.50 bits per heavy atom. The summed E-state index contributed by atoms with van der Waals surface area (Å²) in [6.45, 7) is 3.85. The van der Waals surface area contributed by atoms with Crippen molar-refractivity contribution in [2.75, 3.05) is 13.7 Å². The van der Waals surface area contributed by atoms with Gasteiger partial charge in [0, 0.05) is 32.5 Å². The molecule has 0 radical (unpaired) electrons. The molecule has 1 heterocycles. The van der Waals surface area contributed by atoms with E-state index in [0.29, 0.717) is 12.1 Å². The van der Waals surface area contributed by atoms with E-state index in [9.17, 15) is 0 Å². The molecule has 0 aromatic carbocycles. The molecule has 1 fully saturated rings. The third kappa shape index (κ3) is 3.82. The first kappa shape index (κ1) is 13.6. The Balaban J connectivity index is 1.76. The third-order valence-electron chi connectivity index (χ3n) is 3.75. The summed E-state index contributed by atoms with van der Waals surface area (Å²) >= 11 is 0. The number of hydrogen-bond acceptors (Lipinski definition) is 3. The lowest BCUT2D eigenvalue weighted by molar-refractivity contribution is 0.184. The molecule has 102 valence electrons. The quantitative estimate of drug-likeness (QED) is 0.809. The number of methoxy groups -OCH3 is 1. The highest BCUT2D eigenvalue weighted by molar-refractivity contribution is 5.00. The van der Waals surface area contributed by atoms with E-state index in [1.165, 1.54) is 25.7 Å². The highest BCUT2D eigenvalue weighted by Crippen LogP contribution is 2.28. The van der Waals surface area contributed by atoms with Gasteiger partial charge in [0.25, 0.3) is 0 Å². The van der Waals surface area contributed by atoms with Crippen molar-refractivity contribution in [2.45, 2.75) is 57.7 Å². The normalized spacial score (nSPS) is 18.3. The summed E-state index contributed by atoms with van der Waals surface area (Å²) in [7, 11) is 1.75. The average Bonchev–Trinajstić information content (AvgIpc) is 3.03. The second-order valence-electron chi connectivity index (χ2n) is 5.29. The van der Waals surface area contributed by atoms with Gasteiger partial charge in [0.05, 0.1) is 11.7 Å². The molecule has 1 aromatic rings. The van der Waals surface area contributed by atoms with Crippen LogP contribution in [0.3, 0.4) is 0 Å². The van der Waals surface area contributed by atoms with Crippen LogP contribution >= 0.6 is 0 Å². The van der Waals surface area contributed by atoms with Gasteiger partial charge in [-0.3, -0.25) is 4.68 Å². The Bertz CT molecular complexity index is 345. The smallest absolute Gasteiger partial charge is 0.0762 e. The molecular formula is C14H25N3O. The SMILES string of the molecule is COCCC(C)NCc1ccn(C2CCCC2)n1. The first-order valence-corrected chi connectivity index (χ1v) is 7.06. The van der Waals surface area contributed by atoms with E-state index in [0.717, 1.165) is 25.3 Å². The monoisotopic (exact) mass is 251 g/mol. The number of ether oxygens (including phenoxy) is 1. The van der Waals surface area contributed by atoms with E-state index >= 15 is 0 Å². The molecule has 18 heavy (non-hydrogen) atoms. The standard InChI is InChI=1S/C14H25N3O/c1-12(8-10-18-2)15-11-13-7-9-17(16-13)14-5-3-4-6-14/h7,9,12,14-15H,3-6,8,10-11H2,1-2H3.